The molecular weight excluding hydrogens is 248 g/mol. The molecule has 1 N–H and O–H groups in total. The molecule has 3 nitrogen and oxygen atoms in total. The molecule has 1 aromatic rings. The lowest BCUT2D eigenvalue weighted by molar-refractivity contribution is -0.137. The van der Waals surface area contributed by atoms with E-state index in [0.29, 0.717) is 18.0 Å². The Morgan fingerprint density at radius 2 is 2.15 bits per heavy atom. The highest BCUT2D eigenvalue weighted by molar-refractivity contribution is 5.82. The van der Waals surface area contributed by atoms with Crippen LogP contribution >= 0.6 is 0 Å². The maximum absolute atomic E-state index is 12.9. The predicted molar refractivity (Wildman–Crippen MR) is 81.7 cm³/mol. The molecule has 1 fully saturated rings. The van der Waals surface area contributed by atoms with Gasteiger partial charge in [0, 0.05) is 24.3 Å². The van der Waals surface area contributed by atoms with Crippen molar-refractivity contribution in [3.8, 4) is 0 Å². The van der Waals surface area contributed by atoms with Crippen LogP contribution in [0.4, 0.5) is 5.69 Å². The summed E-state index contributed by atoms with van der Waals surface area (Å²) in [5.74, 6) is 0.448. The smallest absolute Gasteiger partial charge is 0.228 e. The second-order valence-electron chi connectivity index (χ2n) is 6.17. The van der Waals surface area contributed by atoms with E-state index in [2.05, 4.69) is 42.3 Å². The molecule has 2 aliphatic rings. The lowest BCUT2D eigenvalue weighted by Crippen LogP contribution is -2.46. The van der Waals surface area contributed by atoms with Gasteiger partial charge in [0.25, 0.3) is 0 Å². The summed E-state index contributed by atoms with van der Waals surface area (Å²) in [5, 5.41) is 3.42. The van der Waals surface area contributed by atoms with Crippen molar-refractivity contribution >= 4 is 11.6 Å². The van der Waals surface area contributed by atoms with Crippen LogP contribution < -0.4 is 5.32 Å². The summed E-state index contributed by atoms with van der Waals surface area (Å²) in [6, 6.07) is 9.19. The summed E-state index contributed by atoms with van der Waals surface area (Å²) >= 11 is 0. The standard InChI is InChI=1S/C17H24N2O/c1-3-15-9-8-12(2)19(15)17(20)14-10-13-6-4-5-7-16(13)18-11-14/h4-7,12,14-15,18H,3,8-11H2,1-2H3. The number of carbonyl (C=O) groups excluding carboxylic acids is 1. The first kappa shape index (κ1) is 13.5. The summed E-state index contributed by atoms with van der Waals surface area (Å²) in [4.78, 5) is 15.0. The van der Waals surface area contributed by atoms with Crippen molar-refractivity contribution in [3.05, 3.63) is 29.8 Å². The van der Waals surface area contributed by atoms with Crippen LogP contribution in [0.2, 0.25) is 0 Å². The molecule has 2 heterocycles. The number of benzene rings is 1. The van der Waals surface area contributed by atoms with Crippen LogP contribution in [0, 0.1) is 5.92 Å². The molecule has 108 valence electrons. The van der Waals surface area contributed by atoms with E-state index in [4.69, 9.17) is 0 Å². The normalized spacial score (nSPS) is 28.9. The van der Waals surface area contributed by atoms with Crippen molar-refractivity contribution < 1.29 is 4.79 Å². The Morgan fingerprint density at radius 1 is 1.35 bits per heavy atom. The number of fused-ring (bicyclic) bond motifs is 1. The van der Waals surface area contributed by atoms with Gasteiger partial charge in [-0.05, 0) is 44.2 Å². The molecule has 0 aliphatic carbocycles. The molecule has 0 aromatic heterocycles. The number of carbonyl (C=O) groups is 1. The van der Waals surface area contributed by atoms with Crippen molar-refractivity contribution in [2.24, 2.45) is 5.92 Å². The quantitative estimate of drug-likeness (QED) is 0.897. The second-order valence-corrected chi connectivity index (χ2v) is 6.17. The third-order valence-electron chi connectivity index (χ3n) is 4.88. The van der Waals surface area contributed by atoms with Gasteiger partial charge < -0.3 is 10.2 Å². The first-order valence-electron chi connectivity index (χ1n) is 7.84. The van der Waals surface area contributed by atoms with Gasteiger partial charge in [0.05, 0.1) is 5.92 Å². The summed E-state index contributed by atoms with van der Waals surface area (Å²) in [5.41, 5.74) is 2.47. The summed E-state index contributed by atoms with van der Waals surface area (Å²) in [6.07, 6.45) is 4.27. The zero-order chi connectivity index (χ0) is 14.1. The highest BCUT2D eigenvalue weighted by Gasteiger charge is 2.37. The van der Waals surface area contributed by atoms with Crippen LogP contribution in [-0.2, 0) is 11.2 Å². The van der Waals surface area contributed by atoms with Crippen LogP contribution in [0.5, 0.6) is 0 Å². The van der Waals surface area contributed by atoms with Crippen molar-refractivity contribution in [2.75, 3.05) is 11.9 Å². The molecule has 1 aromatic carbocycles. The number of hydrogen-bond acceptors (Lipinski definition) is 2. The second kappa shape index (κ2) is 5.47. The Kier molecular flexibility index (Phi) is 3.68. The summed E-state index contributed by atoms with van der Waals surface area (Å²) < 4.78 is 0. The van der Waals surface area contributed by atoms with Crippen LogP contribution in [-0.4, -0.2) is 29.4 Å². The highest BCUT2D eigenvalue weighted by Crippen LogP contribution is 2.31. The van der Waals surface area contributed by atoms with Crippen molar-refractivity contribution in [1.29, 1.82) is 0 Å². The Balaban J connectivity index is 1.76. The third-order valence-corrected chi connectivity index (χ3v) is 4.88. The number of rotatable bonds is 2. The summed E-state index contributed by atoms with van der Waals surface area (Å²) in [6.45, 7) is 5.16. The van der Waals surface area contributed by atoms with E-state index in [1.165, 1.54) is 17.7 Å². The van der Waals surface area contributed by atoms with Gasteiger partial charge in [-0.25, -0.2) is 0 Å². The number of nitrogens with one attached hydrogen (secondary N) is 1. The minimum absolute atomic E-state index is 0.0968. The molecule has 20 heavy (non-hydrogen) atoms. The lowest BCUT2D eigenvalue weighted by atomic mass is 9.92. The first-order valence-corrected chi connectivity index (χ1v) is 7.84. The number of nitrogens with zero attached hydrogens (tertiary/aromatic N) is 1. The van der Waals surface area contributed by atoms with Crippen LogP contribution in [0.1, 0.15) is 38.7 Å². The Morgan fingerprint density at radius 3 is 2.95 bits per heavy atom. The molecule has 3 rings (SSSR count). The zero-order valence-electron chi connectivity index (χ0n) is 12.4. The number of para-hydroxylation sites is 1. The van der Waals surface area contributed by atoms with Crippen LogP contribution in [0.3, 0.4) is 0 Å². The van der Waals surface area contributed by atoms with Crippen LogP contribution in [0.25, 0.3) is 0 Å². The maximum atomic E-state index is 12.9. The van der Waals surface area contributed by atoms with E-state index in [0.717, 1.165) is 25.8 Å². The van der Waals surface area contributed by atoms with Gasteiger partial charge >= 0.3 is 0 Å². The predicted octanol–water partition coefficient (Wildman–Crippen LogP) is 3.06. The zero-order valence-corrected chi connectivity index (χ0v) is 12.4. The topological polar surface area (TPSA) is 32.3 Å². The number of hydrogen-bond donors (Lipinski definition) is 1. The molecule has 0 bridgehead atoms. The molecular formula is C17H24N2O. The van der Waals surface area contributed by atoms with E-state index in [-0.39, 0.29) is 5.92 Å². The minimum Gasteiger partial charge on any atom is -0.384 e. The SMILES string of the molecule is CCC1CCC(C)N1C(=O)C1CNc2ccccc2C1. The number of anilines is 1. The average molecular weight is 272 g/mol. The molecule has 3 unspecified atom stereocenters. The fraction of sp³-hybridized carbons (Fsp3) is 0.588. The Bertz CT molecular complexity index is 500. The highest BCUT2D eigenvalue weighted by atomic mass is 16.2. The largest absolute Gasteiger partial charge is 0.384 e. The van der Waals surface area contributed by atoms with Gasteiger partial charge in [-0.2, -0.15) is 0 Å². The first-order chi connectivity index (χ1) is 9.70. The molecule has 0 radical (unpaired) electrons. The fourth-order valence-electron chi connectivity index (χ4n) is 3.70. The molecule has 0 saturated carbocycles. The van der Waals surface area contributed by atoms with Crippen LogP contribution in [0.15, 0.2) is 24.3 Å². The van der Waals surface area contributed by atoms with Crippen molar-refractivity contribution in [3.63, 3.8) is 0 Å². The minimum atomic E-state index is 0.0968. The molecule has 1 amide bonds. The van der Waals surface area contributed by atoms with Gasteiger partial charge in [-0.3, -0.25) is 4.79 Å². The molecule has 3 atom stereocenters. The third kappa shape index (κ3) is 2.30. The van der Waals surface area contributed by atoms with Crippen molar-refractivity contribution in [2.45, 2.75) is 51.6 Å². The van der Waals surface area contributed by atoms with E-state index in [1.54, 1.807) is 0 Å². The van der Waals surface area contributed by atoms with Gasteiger partial charge in [-0.15, -0.1) is 0 Å². The van der Waals surface area contributed by atoms with Gasteiger partial charge in [0.1, 0.15) is 0 Å². The maximum Gasteiger partial charge on any atom is 0.228 e. The molecule has 0 spiro atoms. The molecule has 2 aliphatic heterocycles. The van der Waals surface area contributed by atoms with E-state index in [9.17, 15) is 4.79 Å². The molecule has 3 heteroatoms. The van der Waals surface area contributed by atoms with Gasteiger partial charge in [-0.1, -0.05) is 25.1 Å². The monoisotopic (exact) mass is 272 g/mol. The number of likely N-dealkylation sites (tertiary alicyclic amines) is 1. The average Bonchev–Trinajstić information content (AvgIpc) is 2.87. The fourth-order valence-corrected chi connectivity index (χ4v) is 3.70. The van der Waals surface area contributed by atoms with Gasteiger partial charge in [0.2, 0.25) is 5.91 Å². The van der Waals surface area contributed by atoms with E-state index in [1.807, 2.05) is 6.07 Å². The Labute approximate surface area is 121 Å². The van der Waals surface area contributed by atoms with E-state index >= 15 is 0 Å². The Hall–Kier alpha value is -1.51. The van der Waals surface area contributed by atoms with Gasteiger partial charge in [0.15, 0.2) is 0 Å². The number of amides is 1. The van der Waals surface area contributed by atoms with E-state index < -0.39 is 0 Å². The van der Waals surface area contributed by atoms with Crippen molar-refractivity contribution in [1.82, 2.24) is 4.90 Å². The summed E-state index contributed by atoms with van der Waals surface area (Å²) in [7, 11) is 0. The lowest BCUT2D eigenvalue weighted by Gasteiger charge is -2.34. The molecule has 1 saturated heterocycles.